The molecule has 0 saturated heterocycles. The maximum absolute atomic E-state index is 13.8. The Hall–Kier alpha value is -4.54. The summed E-state index contributed by atoms with van der Waals surface area (Å²) in [4.78, 5) is 30.4. The predicted octanol–water partition coefficient (Wildman–Crippen LogP) is 4.70. The highest BCUT2D eigenvalue weighted by molar-refractivity contribution is 7.90. The Labute approximate surface area is 229 Å². The van der Waals surface area contributed by atoms with Crippen molar-refractivity contribution >= 4 is 49.1 Å². The highest BCUT2D eigenvalue weighted by Gasteiger charge is 2.30. The third-order valence-electron chi connectivity index (χ3n) is 7.60. The number of H-pyrrole nitrogens is 1. The van der Waals surface area contributed by atoms with Crippen molar-refractivity contribution in [3.63, 3.8) is 0 Å². The largest absolute Gasteiger partial charge is 0.366 e. The van der Waals surface area contributed by atoms with E-state index in [-0.39, 0.29) is 11.5 Å². The molecule has 0 spiro atoms. The van der Waals surface area contributed by atoms with E-state index in [1.807, 2.05) is 31.2 Å². The molecule has 40 heavy (non-hydrogen) atoms. The fourth-order valence-electron chi connectivity index (χ4n) is 5.56. The first kappa shape index (κ1) is 25.7. The number of hydrogen-bond donors (Lipinski definition) is 3. The van der Waals surface area contributed by atoms with Gasteiger partial charge in [0.25, 0.3) is 11.8 Å². The topological polar surface area (TPSA) is 139 Å². The average molecular weight is 557 g/mol. The number of nitrogens with zero attached hydrogens (tertiary/aromatic N) is 1. The molecule has 4 aromatic carbocycles. The zero-order valence-corrected chi connectivity index (χ0v) is 22.5. The van der Waals surface area contributed by atoms with Crippen molar-refractivity contribution < 1.29 is 22.4 Å². The first-order chi connectivity index (χ1) is 19.0. The Morgan fingerprint density at radius 2 is 1.80 bits per heavy atom. The molecular weight excluding hydrogens is 531 g/mol. The van der Waals surface area contributed by atoms with Gasteiger partial charge in [0.2, 0.25) is 0 Å². The molecule has 0 fully saturated rings. The van der Waals surface area contributed by atoms with Crippen LogP contribution in [-0.2, 0) is 16.4 Å². The van der Waals surface area contributed by atoms with Crippen LogP contribution in [0.5, 0.6) is 0 Å². The third-order valence-corrected chi connectivity index (χ3v) is 8.79. The molecule has 8 nitrogen and oxygen atoms in total. The van der Waals surface area contributed by atoms with Crippen LogP contribution in [0.4, 0.5) is 10.1 Å². The molecule has 2 amide bonds. The lowest BCUT2D eigenvalue weighted by Crippen LogP contribution is -2.24. The molecule has 0 aliphatic carbocycles. The molecule has 5 aromatic rings. The Bertz CT molecular complexity index is 2020. The van der Waals surface area contributed by atoms with Gasteiger partial charge in [0.1, 0.15) is 11.2 Å². The molecule has 5 N–H and O–H groups in total. The number of nitrogens with two attached hydrogens (primary N) is 2. The van der Waals surface area contributed by atoms with Gasteiger partial charge < -0.3 is 21.4 Å². The van der Waals surface area contributed by atoms with Gasteiger partial charge >= 0.3 is 0 Å². The number of aromatic nitrogens is 1. The lowest BCUT2D eigenvalue weighted by molar-refractivity contribution is 0.0990. The smallest absolute Gasteiger partial charge is 0.259 e. The summed E-state index contributed by atoms with van der Waals surface area (Å²) in [6.07, 6.45) is 1.08. The number of carbonyl (C=O) groups excluding carboxylic acids is 2. The number of amides is 2. The quantitative estimate of drug-likeness (QED) is 0.288. The number of benzene rings is 4. The normalized spacial score (nSPS) is 14.2. The van der Waals surface area contributed by atoms with Gasteiger partial charge in [-0.3, -0.25) is 9.59 Å². The molecule has 202 valence electrons. The van der Waals surface area contributed by atoms with Crippen molar-refractivity contribution in [1.82, 2.24) is 4.98 Å². The van der Waals surface area contributed by atoms with Gasteiger partial charge in [-0.15, -0.1) is 0 Å². The van der Waals surface area contributed by atoms with Crippen LogP contribution in [0, 0.1) is 12.7 Å². The second-order valence-corrected chi connectivity index (χ2v) is 12.3. The van der Waals surface area contributed by atoms with E-state index in [4.69, 9.17) is 11.5 Å². The van der Waals surface area contributed by atoms with Crippen molar-refractivity contribution in [3.8, 4) is 11.1 Å². The van der Waals surface area contributed by atoms with E-state index in [0.29, 0.717) is 34.4 Å². The van der Waals surface area contributed by atoms with Crippen LogP contribution in [0.15, 0.2) is 66.7 Å². The molecule has 2 heterocycles. The van der Waals surface area contributed by atoms with Crippen molar-refractivity contribution in [1.29, 1.82) is 0 Å². The SMILES string of the molecule is Cc1c(-c2ccc(C(N)=O)c3[nH]c4cc(C(N)S(C)(=O)=O)ccc4c23)cccc1N1Cc2ccc(F)cc2C1=O. The minimum Gasteiger partial charge on any atom is -0.366 e. The zero-order valence-electron chi connectivity index (χ0n) is 21.7. The number of primary amides is 1. The van der Waals surface area contributed by atoms with Crippen LogP contribution in [-0.4, -0.2) is 31.5 Å². The highest BCUT2D eigenvalue weighted by atomic mass is 32.2. The van der Waals surface area contributed by atoms with Crippen molar-refractivity contribution in [2.45, 2.75) is 18.8 Å². The van der Waals surface area contributed by atoms with Gasteiger partial charge in [-0.1, -0.05) is 36.4 Å². The van der Waals surface area contributed by atoms with E-state index in [1.165, 1.54) is 12.1 Å². The molecule has 1 unspecified atom stereocenters. The number of anilines is 1. The van der Waals surface area contributed by atoms with E-state index in [9.17, 15) is 22.4 Å². The summed E-state index contributed by atoms with van der Waals surface area (Å²) in [5.41, 5.74) is 17.7. The zero-order chi connectivity index (χ0) is 28.5. The minimum atomic E-state index is -3.54. The van der Waals surface area contributed by atoms with Gasteiger partial charge in [0.05, 0.1) is 17.6 Å². The number of aromatic amines is 1. The predicted molar refractivity (Wildman–Crippen MR) is 153 cm³/mol. The number of nitrogens with one attached hydrogen (secondary N) is 1. The molecule has 1 atom stereocenters. The molecule has 10 heteroatoms. The highest BCUT2D eigenvalue weighted by Crippen LogP contribution is 2.41. The Morgan fingerprint density at radius 3 is 2.52 bits per heavy atom. The van der Waals surface area contributed by atoms with Gasteiger partial charge in [-0.2, -0.15) is 0 Å². The minimum absolute atomic E-state index is 0.272. The maximum Gasteiger partial charge on any atom is 0.259 e. The lowest BCUT2D eigenvalue weighted by Gasteiger charge is -2.21. The first-order valence-electron chi connectivity index (χ1n) is 12.5. The van der Waals surface area contributed by atoms with Crippen LogP contribution in [0.2, 0.25) is 0 Å². The monoisotopic (exact) mass is 556 g/mol. The molecule has 0 radical (unpaired) electrons. The summed E-state index contributed by atoms with van der Waals surface area (Å²) in [5.74, 6) is -1.35. The summed E-state index contributed by atoms with van der Waals surface area (Å²) in [6, 6.07) is 18.4. The Kier molecular flexibility index (Phi) is 5.79. The lowest BCUT2D eigenvalue weighted by atomic mass is 9.93. The van der Waals surface area contributed by atoms with Gasteiger partial charge in [-0.25, -0.2) is 12.8 Å². The summed E-state index contributed by atoms with van der Waals surface area (Å²) in [5, 5.41) is 0.277. The van der Waals surface area contributed by atoms with Crippen molar-refractivity contribution in [3.05, 3.63) is 100 Å². The molecule has 1 aliphatic rings. The molecule has 6 rings (SSSR count). The molecular formula is C30H25FN4O4S. The van der Waals surface area contributed by atoms with Crippen LogP contribution < -0.4 is 16.4 Å². The molecule has 1 aromatic heterocycles. The number of fused-ring (bicyclic) bond motifs is 4. The number of carbonyl (C=O) groups is 2. The van der Waals surface area contributed by atoms with Crippen LogP contribution >= 0.6 is 0 Å². The fourth-order valence-corrected chi connectivity index (χ4v) is 6.20. The van der Waals surface area contributed by atoms with E-state index < -0.39 is 26.9 Å². The van der Waals surface area contributed by atoms with E-state index in [2.05, 4.69) is 4.98 Å². The molecule has 0 bridgehead atoms. The number of hydrogen-bond acceptors (Lipinski definition) is 5. The van der Waals surface area contributed by atoms with Gasteiger partial charge in [0, 0.05) is 33.8 Å². The van der Waals surface area contributed by atoms with E-state index in [0.717, 1.165) is 39.3 Å². The van der Waals surface area contributed by atoms with Crippen LogP contribution in [0.1, 0.15) is 42.8 Å². The van der Waals surface area contributed by atoms with Crippen LogP contribution in [0.3, 0.4) is 0 Å². The van der Waals surface area contributed by atoms with Crippen molar-refractivity contribution in [2.75, 3.05) is 11.2 Å². The van der Waals surface area contributed by atoms with Gasteiger partial charge in [-0.05, 0) is 65.1 Å². The van der Waals surface area contributed by atoms with E-state index >= 15 is 0 Å². The third kappa shape index (κ3) is 3.95. The van der Waals surface area contributed by atoms with E-state index in [1.54, 1.807) is 35.2 Å². The number of halogens is 1. The van der Waals surface area contributed by atoms with Gasteiger partial charge in [0.15, 0.2) is 9.84 Å². The first-order valence-corrected chi connectivity index (χ1v) is 14.4. The van der Waals surface area contributed by atoms with Crippen LogP contribution in [0.25, 0.3) is 32.9 Å². The average Bonchev–Trinajstić information content (AvgIpc) is 3.44. The molecule has 0 saturated carbocycles. The van der Waals surface area contributed by atoms with Crippen molar-refractivity contribution in [2.24, 2.45) is 11.5 Å². The Morgan fingerprint density at radius 1 is 1.02 bits per heavy atom. The second-order valence-electron chi connectivity index (χ2n) is 10.1. The maximum atomic E-state index is 13.8. The fraction of sp³-hybridized carbons (Fsp3) is 0.133. The standard InChI is InChI=1S/C30H25FN4O4S/c1-15-19(4-3-5-25(15)35-14-17-6-8-18(31)13-23(17)30(35)37)20-10-11-22(28(32)36)27-26(20)21-9-7-16(12-24(21)34-27)29(33)40(2,38)39/h3-13,29,34H,14,33H2,1-2H3,(H2,32,36). The number of rotatable bonds is 5. The number of sulfone groups is 1. The Balaban J connectivity index is 1.55. The second kappa shape index (κ2) is 9.00. The summed E-state index contributed by atoms with van der Waals surface area (Å²) in [7, 11) is -3.54. The molecule has 1 aliphatic heterocycles. The summed E-state index contributed by atoms with van der Waals surface area (Å²) in [6.45, 7) is 2.23. The summed E-state index contributed by atoms with van der Waals surface area (Å²) < 4.78 is 38.0. The summed E-state index contributed by atoms with van der Waals surface area (Å²) >= 11 is 0.